The predicted molar refractivity (Wildman–Crippen MR) is 72.1 cm³/mol. The lowest BCUT2D eigenvalue weighted by Crippen LogP contribution is -2.43. The van der Waals surface area contributed by atoms with Gasteiger partial charge in [-0.2, -0.15) is 0 Å². The highest BCUT2D eigenvalue weighted by Gasteiger charge is 2.16. The van der Waals surface area contributed by atoms with E-state index in [1.165, 1.54) is 32.1 Å². The zero-order valence-corrected chi connectivity index (χ0v) is 11.6. The Morgan fingerprint density at radius 1 is 1.17 bits per heavy atom. The van der Waals surface area contributed by atoms with E-state index in [0.717, 1.165) is 18.8 Å². The van der Waals surface area contributed by atoms with Crippen molar-refractivity contribution in [1.82, 2.24) is 10.6 Å². The van der Waals surface area contributed by atoms with Crippen LogP contribution in [0.15, 0.2) is 0 Å². The van der Waals surface area contributed by atoms with Crippen LogP contribution in [0.3, 0.4) is 0 Å². The van der Waals surface area contributed by atoms with Gasteiger partial charge in [-0.3, -0.25) is 9.59 Å². The van der Waals surface area contributed by atoms with Crippen molar-refractivity contribution in [2.45, 2.75) is 64.8 Å². The molecule has 1 fully saturated rings. The molecule has 0 bridgehead atoms. The smallest absolute Gasteiger partial charge is 0.309 e. The van der Waals surface area contributed by atoms with E-state index in [1.807, 2.05) is 13.8 Å². The molecule has 1 aliphatic carbocycles. The van der Waals surface area contributed by atoms with Crippen LogP contribution in [0, 0.1) is 5.92 Å². The van der Waals surface area contributed by atoms with Gasteiger partial charge >= 0.3 is 11.8 Å². The zero-order chi connectivity index (χ0) is 13.4. The van der Waals surface area contributed by atoms with Crippen LogP contribution in [0.4, 0.5) is 0 Å². The first-order chi connectivity index (χ1) is 8.63. The van der Waals surface area contributed by atoms with Crippen LogP contribution >= 0.6 is 0 Å². The molecule has 0 aliphatic heterocycles. The molecule has 104 valence electrons. The molecule has 0 aromatic heterocycles. The third-order valence-electron chi connectivity index (χ3n) is 3.76. The standard InChI is InChI=1S/C14H26N2O2/c1-3-11(2)16-14(18)13(17)15-10-9-12-7-5-4-6-8-12/h11-12H,3-10H2,1-2H3,(H,15,17)(H,16,18)/t11-/m1/s1. The van der Waals surface area contributed by atoms with Gasteiger partial charge in [0.1, 0.15) is 0 Å². The van der Waals surface area contributed by atoms with Crippen LogP contribution in [0.1, 0.15) is 58.8 Å². The molecule has 2 N–H and O–H groups in total. The quantitative estimate of drug-likeness (QED) is 0.737. The summed E-state index contributed by atoms with van der Waals surface area (Å²) in [5.41, 5.74) is 0. The molecule has 0 unspecified atom stereocenters. The van der Waals surface area contributed by atoms with Crippen LogP contribution in [0.5, 0.6) is 0 Å². The van der Waals surface area contributed by atoms with Crippen LogP contribution in [-0.4, -0.2) is 24.4 Å². The zero-order valence-electron chi connectivity index (χ0n) is 11.6. The second-order valence-electron chi connectivity index (χ2n) is 5.33. The molecular weight excluding hydrogens is 228 g/mol. The van der Waals surface area contributed by atoms with E-state index in [0.29, 0.717) is 6.54 Å². The molecule has 0 aromatic carbocycles. The Labute approximate surface area is 110 Å². The maximum Gasteiger partial charge on any atom is 0.309 e. The normalized spacial score (nSPS) is 18.1. The SMILES string of the molecule is CC[C@@H](C)NC(=O)C(=O)NCCC1CCCCC1. The molecule has 0 aromatic rings. The lowest BCUT2D eigenvalue weighted by molar-refractivity contribution is -0.139. The first-order valence-corrected chi connectivity index (χ1v) is 7.22. The number of carbonyl (C=O) groups is 2. The van der Waals surface area contributed by atoms with E-state index >= 15 is 0 Å². The van der Waals surface area contributed by atoms with Gasteiger partial charge in [0.15, 0.2) is 0 Å². The van der Waals surface area contributed by atoms with E-state index in [1.54, 1.807) is 0 Å². The topological polar surface area (TPSA) is 58.2 Å². The molecule has 4 nitrogen and oxygen atoms in total. The molecule has 18 heavy (non-hydrogen) atoms. The van der Waals surface area contributed by atoms with E-state index in [2.05, 4.69) is 10.6 Å². The molecule has 4 heteroatoms. The highest BCUT2D eigenvalue weighted by Crippen LogP contribution is 2.25. The monoisotopic (exact) mass is 254 g/mol. The summed E-state index contributed by atoms with van der Waals surface area (Å²) in [6.45, 7) is 4.50. The maximum absolute atomic E-state index is 11.5. The van der Waals surface area contributed by atoms with Gasteiger partial charge in [-0.25, -0.2) is 0 Å². The number of nitrogens with one attached hydrogen (secondary N) is 2. The van der Waals surface area contributed by atoms with Crippen molar-refractivity contribution in [2.24, 2.45) is 5.92 Å². The second kappa shape index (κ2) is 8.11. The van der Waals surface area contributed by atoms with Crippen molar-refractivity contribution in [3.05, 3.63) is 0 Å². The van der Waals surface area contributed by atoms with E-state index < -0.39 is 11.8 Å². The Morgan fingerprint density at radius 2 is 1.83 bits per heavy atom. The molecule has 0 saturated heterocycles. The fourth-order valence-corrected chi connectivity index (χ4v) is 2.34. The van der Waals surface area contributed by atoms with Crippen molar-refractivity contribution < 1.29 is 9.59 Å². The average Bonchev–Trinajstić information content (AvgIpc) is 2.39. The summed E-state index contributed by atoms with van der Waals surface area (Å²) in [6, 6.07) is 0.0570. The molecular formula is C14H26N2O2. The lowest BCUT2D eigenvalue weighted by Gasteiger charge is -2.21. The van der Waals surface area contributed by atoms with Gasteiger partial charge in [-0.15, -0.1) is 0 Å². The number of hydrogen-bond donors (Lipinski definition) is 2. The van der Waals surface area contributed by atoms with Gasteiger partial charge in [-0.05, 0) is 25.7 Å². The van der Waals surface area contributed by atoms with E-state index in [4.69, 9.17) is 0 Å². The Balaban J connectivity index is 2.13. The van der Waals surface area contributed by atoms with Crippen molar-refractivity contribution in [3.8, 4) is 0 Å². The number of carbonyl (C=O) groups excluding carboxylic acids is 2. The fraction of sp³-hybridized carbons (Fsp3) is 0.857. The van der Waals surface area contributed by atoms with Crippen LogP contribution in [0.2, 0.25) is 0 Å². The highest BCUT2D eigenvalue weighted by molar-refractivity contribution is 6.35. The Hall–Kier alpha value is -1.06. The minimum Gasteiger partial charge on any atom is -0.348 e. The van der Waals surface area contributed by atoms with Gasteiger partial charge < -0.3 is 10.6 Å². The fourth-order valence-electron chi connectivity index (χ4n) is 2.34. The summed E-state index contributed by atoms with van der Waals surface area (Å²) in [5, 5.41) is 5.37. The summed E-state index contributed by atoms with van der Waals surface area (Å²) in [7, 11) is 0. The third kappa shape index (κ3) is 5.52. The minimum absolute atomic E-state index is 0.0570. The molecule has 1 aliphatic rings. The van der Waals surface area contributed by atoms with Crippen molar-refractivity contribution >= 4 is 11.8 Å². The summed E-state index contributed by atoms with van der Waals surface area (Å²) in [4.78, 5) is 23.0. The maximum atomic E-state index is 11.5. The Bertz CT molecular complexity index is 273. The predicted octanol–water partition coefficient (Wildman–Crippen LogP) is 1.99. The molecule has 0 spiro atoms. The van der Waals surface area contributed by atoms with E-state index in [-0.39, 0.29) is 6.04 Å². The Kier molecular flexibility index (Phi) is 6.76. The number of rotatable bonds is 5. The molecule has 1 saturated carbocycles. The first-order valence-electron chi connectivity index (χ1n) is 7.22. The molecule has 0 radical (unpaired) electrons. The summed E-state index contributed by atoms with van der Waals surface area (Å²) < 4.78 is 0. The lowest BCUT2D eigenvalue weighted by atomic mass is 9.87. The summed E-state index contributed by atoms with van der Waals surface area (Å²) in [5.74, 6) is -0.268. The van der Waals surface area contributed by atoms with Gasteiger partial charge in [0.25, 0.3) is 0 Å². The number of hydrogen-bond acceptors (Lipinski definition) is 2. The molecule has 0 heterocycles. The highest BCUT2D eigenvalue weighted by atomic mass is 16.2. The largest absolute Gasteiger partial charge is 0.348 e. The number of amides is 2. The third-order valence-corrected chi connectivity index (χ3v) is 3.76. The van der Waals surface area contributed by atoms with Crippen molar-refractivity contribution in [1.29, 1.82) is 0 Å². The molecule has 1 atom stereocenters. The van der Waals surface area contributed by atoms with Gasteiger partial charge in [0, 0.05) is 12.6 Å². The second-order valence-corrected chi connectivity index (χ2v) is 5.33. The molecule has 2 amide bonds. The van der Waals surface area contributed by atoms with Gasteiger partial charge in [0.05, 0.1) is 0 Å². The first kappa shape index (κ1) is 15.0. The van der Waals surface area contributed by atoms with Crippen LogP contribution in [-0.2, 0) is 9.59 Å². The minimum atomic E-state index is -0.506. The Morgan fingerprint density at radius 3 is 2.44 bits per heavy atom. The molecule has 1 rings (SSSR count). The summed E-state index contributed by atoms with van der Waals surface area (Å²) in [6.07, 6.45) is 8.35. The average molecular weight is 254 g/mol. The van der Waals surface area contributed by atoms with Crippen LogP contribution in [0.25, 0.3) is 0 Å². The van der Waals surface area contributed by atoms with Gasteiger partial charge in [-0.1, -0.05) is 39.0 Å². The van der Waals surface area contributed by atoms with Crippen molar-refractivity contribution in [2.75, 3.05) is 6.54 Å². The summed E-state index contributed by atoms with van der Waals surface area (Å²) >= 11 is 0. The van der Waals surface area contributed by atoms with Gasteiger partial charge in [0.2, 0.25) is 0 Å². The van der Waals surface area contributed by atoms with Crippen molar-refractivity contribution in [3.63, 3.8) is 0 Å². The van der Waals surface area contributed by atoms with E-state index in [9.17, 15) is 9.59 Å². The van der Waals surface area contributed by atoms with Crippen LogP contribution < -0.4 is 10.6 Å².